The van der Waals surface area contributed by atoms with E-state index in [2.05, 4.69) is 10.3 Å². The number of pyridine rings is 1. The van der Waals surface area contributed by atoms with Crippen molar-refractivity contribution in [2.75, 3.05) is 11.1 Å². The number of carbonyl (C=O) groups is 1. The van der Waals surface area contributed by atoms with Gasteiger partial charge in [-0.15, -0.1) is 0 Å². The number of aromatic nitrogens is 1. The van der Waals surface area contributed by atoms with Gasteiger partial charge in [0.1, 0.15) is 0 Å². The fourth-order valence-electron chi connectivity index (χ4n) is 1.35. The Morgan fingerprint density at radius 3 is 2.82 bits per heavy atom. The van der Waals surface area contributed by atoms with Crippen molar-refractivity contribution in [3.8, 4) is 0 Å². The Kier molecular flexibility index (Phi) is 3.25. The summed E-state index contributed by atoms with van der Waals surface area (Å²) in [7, 11) is 0. The second-order valence-electron chi connectivity index (χ2n) is 3.44. The second kappa shape index (κ2) is 4.84. The number of carbonyl (C=O) groups excluding carboxylic acids is 1. The first-order valence-electron chi connectivity index (χ1n) is 4.93. The molecule has 86 valence electrons. The summed E-state index contributed by atoms with van der Waals surface area (Å²) in [6, 6.07) is 8.24. The van der Waals surface area contributed by atoms with Crippen LogP contribution in [0.1, 0.15) is 10.4 Å². The van der Waals surface area contributed by atoms with E-state index in [4.69, 9.17) is 17.3 Å². The van der Waals surface area contributed by atoms with Crippen LogP contribution < -0.4 is 11.1 Å². The van der Waals surface area contributed by atoms with Gasteiger partial charge >= 0.3 is 0 Å². The Bertz CT molecular complexity index is 543. The van der Waals surface area contributed by atoms with E-state index >= 15 is 0 Å². The highest BCUT2D eigenvalue weighted by molar-refractivity contribution is 6.34. The molecule has 1 aromatic carbocycles. The summed E-state index contributed by atoms with van der Waals surface area (Å²) in [6.07, 6.45) is 3.19. The number of benzene rings is 1. The summed E-state index contributed by atoms with van der Waals surface area (Å²) in [5.41, 5.74) is 7.07. The van der Waals surface area contributed by atoms with E-state index in [1.807, 2.05) is 0 Å². The van der Waals surface area contributed by atoms with Crippen molar-refractivity contribution >= 4 is 28.9 Å². The number of nitrogens with one attached hydrogen (secondary N) is 1. The number of amides is 1. The van der Waals surface area contributed by atoms with Crippen LogP contribution in [0, 0.1) is 0 Å². The lowest BCUT2D eigenvalue weighted by Crippen LogP contribution is -2.12. The van der Waals surface area contributed by atoms with Crippen molar-refractivity contribution in [3.05, 3.63) is 53.3 Å². The number of hydrogen-bond donors (Lipinski definition) is 2. The number of hydrogen-bond acceptors (Lipinski definition) is 3. The molecule has 17 heavy (non-hydrogen) atoms. The normalized spacial score (nSPS) is 9.94. The third kappa shape index (κ3) is 2.73. The molecule has 0 saturated heterocycles. The Hall–Kier alpha value is -2.07. The SMILES string of the molecule is Nc1ccc(C(=O)Nc2cccnc2)c(Cl)c1. The first kappa shape index (κ1) is 11.4. The first-order valence-corrected chi connectivity index (χ1v) is 5.31. The van der Waals surface area contributed by atoms with Gasteiger partial charge in [0, 0.05) is 11.9 Å². The van der Waals surface area contributed by atoms with E-state index in [0.29, 0.717) is 22.0 Å². The third-order valence-corrected chi connectivity index (χ3v) is 2.47. The summed E-state index contributed by atoms with van der Waals surface area (Å²) in [4.78, 5) is 15.8. The fraction of sp³-hybridized carbons (Fsp3) is 0. The van der Waals surface area contributed by atoms with E-state index in [1.165, 1.54) is 0 Å². The summed E-state index contributed by atoms with van der Waals surface area (Å²) >= 11 is 5.93. The molecular weight excluding hydrogens is 238 g/mol. The van der Waals surface area contributed by atoms with Gasteiger partial charge in [0.25, 0.3) is 5.91 Å². The van der Waals surface area contributed by atoms with Gasteiger partial charge in [-0.1, -0.05) is 11.6 Å². The summed E-state index contributed by atoms with van der Waals surface area (Å²) in [6.45, 7) is 0. The van der Waals surface area contributed by atoms with E-state index < -0.39 is 0 Å². The maximum Gasteiger partial charge on any atom is 0.257 e. The highest BCUT2D eigenvalue weighted by Crippen LogP contribution is 2.20. The molecule has 0 radical (unpaired) electrons. The number of nitrogens with two attached hydrogens (primary N) is 1. The lowest BCUT2D eigenvalue weighted by atomic mass is 10.2. The molecule has 0 aliphatic carbocycles. The zero-order chi connectivity index (χ0) is 12.3. The Balaban J connectivity index is 2.21. The number of nitrogen functional groups attached to an aromatic ring is 1. The van der Waals surface area contributed by atoms with Crippen LogP contribution in [0.5, 0.6) is 0 Å². The minimum Gasteiger partial charge on any atom is -0.399 e. The van der Waals surface area contributed by atoms with Gasteiger partial charge < -0.3 is 11.1 Å². The number of rotatable bonds is 2. The standard InChI is InChI=1S/C12H10ClN3O/c13-11-6-8(14)3-4-10(11)12(17)16-9-2-1-5-15-7-9/h1-7H,14H2,(H,16,17). The van der Waals surface area contributed by atoms with Crippen LogP contribution in [0.4, 0.5) is 11.4 Å². The highest BCUT2D eigenvalue weighted by atomic mass is 35.5. The van der Waals surface area contributed by atoms with Crippen molar-refractivity contribution in [2.24, 2.45) is 0 Å². The van der Waals surface area contributed by atoms with Gasteiger partial charge in [-0.05, 0) is 30.3 Å². The van der Waals surface area contributed by atoms with Crippen molar-refractivity contribution < 1.29 is 4.79 Å². The molecule has 0 fully saturated rings. The predicted molar refractivity (Wildman–Crippen MR) is 68.1 cm³/mol. The van der Waals surface area contributed by atoms with Gasteiger partial charge in [0.05, 0.1) is 22.5 Å². The number of nitrogens with zero attached hydrogens (tertiary/aromatic N) is 1. The Labute approximate surface area is 103 Å². The van der Waals surface area contributed by atoms with Crippen LogP contribution in [0.2, 0.25) is 5.02 Å². The maximum absolute atomic E-state index is 11.9. The summed E-state index contributed by atoms with van der Waals surface area (Å²) in [5, 5.41) is 3.02. The number of halogens is 1. The molecule has 1 amide bonds. The molecule has 2 rings (SSSR count). The van der Waals surface area contributed by atoms with Crippen molar-refractivity contribution in [2.45, 2.75) is 0 Å². The molecule has 0 aliphatic rings. The molecule has 0 spiro atoms. The molecule has 0 saturated carbocycles. The zero-order valence-corrected chi connectivity index (χ0v) is 9.61. The van der Waals surface area contributed by atoms with E-state index in [9.17, 15) is 4.79 Å². The fourth-order valence-corrected chi connectivity index (χ4v) is 1.63. The summed E-state index contributed by atoms with van der Waals surface area (Å²) < 4.78 is 0. The molecule has 2 aromatic rings. The molecule has 5 heteroatoms. The van der Waals surface area contributed by atoms with Crippen molar-refractivity contribution in [1.82, 2.24) is 4.98 Å². The molecule has 3 N–H and O–H groups in total. The average molecular weight is 248 g/mol. The minimum atomic E-state index is -0.289. The average Bonchev–Trinajstić information content (AvgIpc) is 2.30. The van der Waals surface area contributed by atoms with Gasteiger partial charge in [0.15, 0.2) is 0 Å². The maximum atomic E-state index is 11.9. The quantitative estimate of drug-likeness (QED) is 0.802. The Morgan fingerprint density at radius 1 is 1.35 bits per heavy atom. The summed E-state index contributed by atoms with van der Waals surface area (Å²) in [5.74, 6) is -0.289. The molecule has 1 heterocycles. The van der Waals surface area contributed by atoms with Crippen LogP contribution in [0.15, 0.2) is 42.7 Å². The van der Waals surface area contributed by atoms with Crippen LogP contribution >= 0.6 is 11.6 Å². The van der Waals surface area contributed by atoms with E-state index in [1.54, 1.807) is 42.7 Å². The first-order chi connectivity index (χ1) is 8.16. The van der Waals surface area contributed by atoms with Crippen LogP contribution in [-0.2, 0) is 0 Å². The molecule has 0 unspecified atom stereocenters. The smallest absolute Gasteiger partial charge is 0.257 e. The van der Waals surface area contributed by atoms with Crippen LogP contribution in [-0.4, -0.2) is 10.9 Å². The molecule has 1 aromatic heterocycles. The highest BCUT2D eigenvalue weighted by Gasteiger charge is 2.10. The molecular formula is C12H10ClN3O. The molecule has 4 nitrogen and oxygen atoms in total. The Morgan fingerprint density at radius 2 is 2.18 bits per heavy atom. The second-order valence-corrected chi connectivity index (χ2v) is 3.84. The molecule has 0 atom stereocenters. The molecule has 0 aliphatic heterocycles. The third-order valence-electron chi connectivity index (χ3n) is 2.16. The monoisotopic (exact) mass is 247 g/mol. The molecule has 0 bridgehead atoms. The van der Waals surface area contributed by atoms with Crippen molar-refractivity contribution in [1.29, 1.82) is 0 Å². The lowest BCUT2D eigenvalue weighted by Gasteiger charge is -2.06. The zero-order valence-electron chi connectivity index (χ0n) is 8.85. The van der Waals surface area contributed by atoms with Gasteiger partial charge in [-0.3, -0.25) is 9.78 Å². The van der Waals surface area contributed by atoms with Gasteiger partial charge in [-0.25, -0.2) is 0 Å². The van der Waals surface area contributed by atoms with Gasteiger partial charge in [-0.2, -0.15) is 0 Å². The van der Waals surface area contributed by atoms with E-state index in [0.717, 1.165) is 0 Å². The lowest BCUT2D eigenvalue weighted by molar-refractivity contribution is 0.102. The predicted octanol–water partition coefficient (Wildman–Crippen LogP) is 2.57. The number of anilines is 2. The van der Waals surface area contributed by atoms with Gasteiger partial charge in [0.2, 0.25) is 0 Å². The minimum absolute atomic E-state index is 0.289. The largest absolute Gasteiger partial charge is 0.399 e. The van der Waals surface area contributed by atoms with Crippen LogP contribution in [0.3, 0.4) is 0 Å². The topological polar surface area (TPSA) is 68.0 Å². The van der Waals surface area contributed by atoms with Crippen LogP contribution in [0.25, 0.3) is 0 Å². The van der Waals surface area contributed by atoms with Crippen molar-refractivity contribution in [3.63, 3.8) is 0 Å². The van der Waals surface area contributed by atoms with E-state index in [-0.39, 0.29) is 5.91 Å².